The first-order valence-corrected chi connectivity index (χ1v) is 5.40. The molecule has 0 radical (unpaired) electrons. The number of carboxylic acid groups (broad SMARTS) is 1. The third kappa shape index (κ3) is 2.92. The number of aromatic nitrogens is 1. The number of benzene rings is 1. The van der Waals surface area contributed by atoms with Gasteiger partial charge in [0.15, 0.2) is 0 Å². The Morgan fingerprint density at radius 1 is 1.35 bits per heavy atom. The zero-order valence-corrected chi connectivity index (χ0v) is 12.5. The minimum absolute atomic E-state index is 0. The summed E-state index contributed by atoms with van der Waals surface area (Å²) in [5.74, 6) is -1.05. The smallest absolute Gasteiger partial charge is 0.548 e. The zero-order valence-electron chi connectivity index (χ0n) is 10.5. The fraction of sp³-hybridized carbons (Fsp3) is 0.308. The molecule has 17 heavy (non-hydrogen) atoms. The second-order valence-corrected chi connectivity index (χ2v) is 3.99. The number of fused-ring (bicyclic) bond motifs is 1. The third-order valence-corrected chi connectivity index (χ3v) is 2.87. The third-order valence-electron chi connectivity index (χ3n) is 2.87. The predicted octanol–water partition coefficient (Wildman–Crippen LogP) is -1.73. The van der Waals surface area contributed by atoms with E-state index < -0.39 is 5.97 Å². The van der Waals surface area contributed by atoms with Gasteiger partial charge in [-0.15, -0.1) is 0 Å². The van der Waals surface area contributed by atoms with Crippen LogP contribution in [0.25, 0.3) is 10.9 Å². The molecule has 0 N–H and O–H groups in total. The molecule has 0 saturated heterocycles. The molecule has 4 heteroatoms. The van der Waals surface area contributed by atoms with Gasteiger partial charge in [-0.05, 0) is 36.4 Å². The van der Waals surface area contributed by atoms with Crippen molar-refractivity contribution in [3.05, 3.63) is 35.5 Å². The van der Waals surface area contributed by atoms with Crippen LogP contribution in [-0.4, -0.2) is 10.5 Å². The quantitative estimate of drug-likeness (QED) is 0.597. The maximum atomic E-state index is 10.7. The van der Waals surface area contributed by atoms with E-state index in [9.17, 15) is 9.90 Å². The number of hydrogen-bond acceptors (Lipinski definition) is 2. The van der Waals surface area contributed by atoms with Crippen LogP contribution in [0.1, 0.15) is 18.2 Å². The van der Waals surface area contributed by atoms with Gasteiger partial charge in [-0.25, -0.2) is 0 Å². The Labute approximate surface area is 123 Å². The van der Waals surface area contributed by atoms with E-state index in [-0.39, 0.29) is 36.1 Å². The van der Waals surface area contributed by atoms with Crippen LogP contribution in [0.5, 0.6) is 0 Å². The molecule has 1 heterocycles. The van der Waals surface area contributed by atoms with Crippen molar-refractivity contribution >= 4 is 16.9 Å². The molecule has 0 spiro atoms. The predicted molar refractivity (Wildman–Crippen MR) is 61.1 cm³/mol. The molecule has 1 aromatic carbocycles. The van der Waals surface area contributed by atoms with E-state index >= 15 is 0 Å². The number of carbonyl (C=O) groups is 1. The van der Waals surface area contributed by atoms with Crippen LogP contribution < -0.4 is 34.7 Å². The van der Waals surface area contributed by atoms with E-state index in [0.717, 1.165) is 23.0 Å². The molecule has 0 aliphatic heterocycles. The fourth-order valence-electron chi connectivity index (χ4n) is 2.00. The van der Waals surface area contributed by atoms with Crippen molar-refractivity contribution in [2.45, 2.75) is 26.8 Å². The van der Waals surface area contributed by atoms with E-state index in [4.69, 9.17) is 0 Å². The van der Waals surface area contributed by atoms with Crippen molar-refractivity contribution in [2.24, 2.45) is 0 Å². The second kappa shape index (κ2) is 5.71. The fourth-order valence-corrected chi connectivity index (χ4v) is 2.00. The number of nitrogens with zero attached hydrogens (tertiary/aromatic N) is 1. The van der Waals surface area contributed by atoms with Crippen molar-refractivity contribution < 1.29 is 39.5 Å². The van der Waals surface area contributed by atoms with E-state index in [1.807, 2.05) is 25.1 Å². The maximum Gasteiger partial charge on any atom is 1.00 e. The summed E-state index contributed by atoms with van der Waals surface area (Å²) in [6, 6.07) is 8.15. The minimum Gasteiger partial charge on any atom is -0.548 e. The van der Waals surface area contributed by atoms with Crippen molar-refractivity contribution in [2.75, 3.05) is 0 Å². The Bertz CT molecular complexity index is 546. The first-order valence-electron chi connectivity index (χ1n) is 5.40. The van der Waals surface area contributed by atoms with Crippen LogP contribution in [0.3, 0.4) is 0 Å². The molecule has 0 saturated carbocycles. The Balaban J connectivity index is 0.00000144. The molecule has 0 unspecified atom stereocenters. The summed E-state index contributed by atoms with van der Waals surface area (Å²) in [5, 5.41) is 11.8. The Hall–Kier alpha value is -0.770. The molecule has 0 amide bonds. The first-order chi connectivity index (χ1) is 7.61. The Morgan fingerprint density at radius 2 is 2.06 bits per heavy atom. The normalized spacial score (nSPS) is 10.2. The van der Waals surface area contributed by atoms with Crippen molar-refractivity contribution in [3.8, 4) is 0 Å². The topological polar surface area (TPSA) is 45.1 Å². The molecule has 0 aliphatic carbocycles. The van der Waals surface area contributed by atoms with Crippen LogP contribution in [0.4, 0.5) is 0 Å². The van der Waals surface area contributed by atoms with Gasteiger partial charge in [0.2, 0.25) is 0 Å². The minimum atomic E-state index is -1.05. The van der Waals surface area contributed by atoms with Gasteiger partial charge in [0.05, 0.1) is 12.5 Å². The number of carboxylic acids is 1. The molecule has 0 aliphatic rings. The van der Waals surface area contributed by atoms with Gasteiger partial charge in [0.25, 0.3) is 0 Å². The summed E-state index contributed by atoms with van der Waals surface area (Å²) in [6.45, 7) is 3.91. The van der Waals surface area contributed by atoms with Crippen LogP contribution in [0.2, 0.25) is 0 Å². The Morgan fingerprint density at radius 3 is 2.65 bits per heavy atom. The summed E-state index contributed by atoms with van der Waals surface area (Å²) in [5.41, 5.74) is 3.14. The monoisotopic (exact) mass is 239 g/mol. The number of rotatable bonds is 3. The van der Waals surface area contributed by atoms with Gasteiger partial charge in [-0.3, -0.25) is 0 Å². The van der Waals surface area contributed by atoms with Gasteiger partial charge in [-0.1, -0.05) is 19.1 Å². The zero-order chi connectivity index (χ0) is 11.7. The summed E-state index contributed by atoms with van der Waals surface area (Å²) in [6.07, 6.45) is 0.950. The number of aliphatic carboxylic acids is 1. The molecule has 0 atom stereocenters. The largest absolute Gasteiger partial charge is 1.00 e. The first kappa shape index (κ1) is 14.3. The second-order valence-electron chi connectivity index (χ2n) is 3.99. The average Bonchev–Trinajstić information content (AvgIpc) is 2.54. The van der Waals surface area contributed by atoms with E-state index in [0.29, 0.717) is 0 Å². The van der Waals surface area contributed by atoms with Gasteiger partial charge >= 0.3 is 29.6 Å². The summed E-state index contributed by atoms with van der Waals surface area (Å²) in [4.78, 5) is 10.7. The average molecular weight is 239 g/mol. The number of aryl methyl sites for hydroxylation is 2. The number of carbonyl (C=O) groups excluding carboxylic acids is 1. The standard InChI is InChI=1S/C13H15NO2.Na/c1-3-10-4-5-11-6-9(2)14(8-13(15)16)12(11)7-10;/h4-7H,3,8H2,1-2H3,(H,15,16);/q;+1/p-1. The Kier molecular flexibility index (Phi) is 4.80. The molecule has 84 valence electrons. The van der Waals surface area contributed by atoms with E-state index in [1.165, 1.54) is 5.56 Å². The van der Waals surface area contributed by atoms with Gasteiger partial charge in [0, 0.05) is 11.2 Å². The van der Waals surface area contributed by atoms with Gasteiger partial charge in [0.1, 0.15) is 0 Å². The van der Waals surface area contributed by atoms with E-state index in [1.54, 1.807) is 4.57 Å². The molecule has 0 bridgehead atoms. The van der Waals surface area contributed by atoms with Gasteiger partial charge < -0.3 is 14.5 Å². The van der Waals surface area contributed by atoms with Crippen molar-refractivity contribution in [1.82, 2.24) is 4.57 Å². The molecular formula is C13H14NNaO2. The van der Waals surface area contributed by atoms with Crippen LogP contribution in [-0.2, 0) is 17.8 Å². The molecule has 0 fully saturated rings. The van der Waals surface area contributed by atoms with Gasteiger partial charge in [-0.2, -0.15) is 0 Å². The van der Waals surface area contributed by atoms with Crippen molar-refractivity contribution in [3.63, 3.8) is 0 Å². The summed E-state index contributed by atoms with van der Waals surface area (Å²) < 4.78 is 1.78. The van der Waals surface area contributed by atoms with Crippen molar-refractivity contribution in [1.29, 1.82) is 0 Å². The summed E-state index contributed by atoms with van der Waals surface area (Å²) in [7, 11) is 0. The maximum absolute atomic E-state index is 10.7. The van der Waals surface area contributed by atoms with Crippen LogP contribution >= 0.6 is 0 Å². The summed E-state index contributed by atoms with van der Waals surface area (Å²) >= 11 is 0. The van der Waals surface area contributed by atoms with E-state index in [2.05, 4.69) is 13.0 Å². The molecular weight excluding hydrogens is 225 g/mol. The SMILES string of the molecule is CCc1ccc2cc(C)n(CC(=O)[O-])c2c1.[Na+]. The molecule has 1 aromatic heterocycles. The molecule has 2 rings (SSSR count). The number of hydrogen-bond donors (Lipinski definition) is 0. The molecule has 3 nitrogen and oxygen atoms in total. The molecule has 2 aromatic rings. The van der Waals surface area contributed by atoms with Crippen LogP contribution in [0.15, 0.2) is 24.3 Å². The van der Waals surface area contributed by atoms with Crippen LogP contribution in [0, 0.1) is 6.92 Å².